The predicted molar refractivity (Wildman–Crippen MR) is 60.2 cm³/mol. The van der Waals surface area contributed by atoms with Gasteiger partial charge >= 0.3 is 0 Å². The van der Waals surface area contributed by atoms with Crippen LogP contribution in [0, 0.1) is 11.8 Å². The lowest BCUT2D eigenvalue weighted by Crippen LogP contribution is -2.33. The van der Waals surface area contributed by atoms with Gasteiger partial charge < -0.3 is 10.5 Å². The van der Waals surface area contributed by atoms with Gasteiger partial charge in [-0.15, -0.1) is 0 Å². The Bertz CT molecular complexity index is 149. The Balaban J connectivity index is 2.18. The first-order valence-corrected chi connectivity index (χ1v) is 5.98. The highest BCUT2D eigenvalue weighted by Crippen LogP contribution is 2.31. The molecule has 1 aliphatic rings. The zero-order chi connectivity index (χ0) is 10.4. The minimum atomic E-state index is 0.410. The van der Waals surface area contributed by atoms with E-state index in [2.05, 4.69) is 6.92 Å². The molecule has 1 saturated carbocycles. The van der Waals surface area contributed by atoms with Crippen LogP contribution in [0.15, 0.2) is 0 Å². The molecule has 0 radical (unpaired) electrons. The van der Waals surface area contributed by atoms with Crippen molar-refractivity contribution in [3.8, 4) is 0 Å². The summed E-state index contributed by atoms with van der Waals surface area (Å²) in [7, 11) is 1.76. The molecule has 0 heterocycles. The van der Waals surface area contributed by atoms with E-state index in [0.717, 1.165) is 31.3 Å². The van der Waals surface area contributed by atoms with Crippen molar-refractivity contribution in [2.75, 3.05) is 13.7 Å². The van der Waals surface area contributed by atoms with Gasteiger partial charge in [-0.1, -0.05) is 19.8 Å². The van der Waals surface area contributed by atoms with E-state index in [-0.39, 0.29) is 0 Å². The Morgan fingerprint density at radius 2 is 2.21 bits per heavy atom. The van der Waals surface area contributed by atoms with Crippen LogP contribution in [0.2, 0.25) is 0 Å². The Labute approximate surface area is 88.2 Å². The maximum atomic E-state index is 6.20. The zero-order valence-electron chi connectivity index (χ0n) is 9.67. The maximum Gasteiger partial charge on any atom is 0.0462 e. The Morgan fingerprint density at radius 3 is 2.86 bits per heavy atom. The minimum absolute atomic E-state index is 0.410. The van der Waals surface area contributed by atoms with E-state index in [0.29, 0.717) is 6.04 Å². The molecule has 2 N–H and O–H groups in total. The molecule has 14 heavy (non-hydrogen) atoms. The lowest BCUT2D eigenvalue weighted by Gasteiger charge is -2.31. The summed E-state index contributed by atoms with van der Waals surface area (Å²) >= 11 is 0. The van der Waals surface area contributed by atoms with Gasteiger partial charge in [0, 0.05) is 19.8 Å². The van der Waals surface area contributed by atoms with E-state index in [4.69, 9.17) is 10.5 Å². The van der Waals surface area contributed by atoms with Crippen LogP contribution in [0.4, 0.5) is 0 Å². The van der Waals surface area contributed by atoms with Gasteiger partial charge in [0.25, 0.3) is 0 Å². The van der Waals surface area contributed by atoms with Gasteiger partial charge in [-0.05, 0) is 37.5 Å². The SMILES string of the molecule is COCCCC(N)C1CCCC(C)C1. The Kier molecular flexibility index (Phi) is 5.49. The monoisotopic (exact) mass is 199 g/mol. The molecule has 0 aromatic carbocycles. The molecule has 84 valence electrons. The smallest absolute Gasteiger partial charge is 0.0462 e. The van der Waals surface area contributed by atoms with E-state index < -0.39 is 0 Å². The van der Waals surface area contributed by atoms with Crippen molar-refractivity contribution in [3.63, 3.8) is 0 Å². The highest BCUT2D eigenvalue weighted by molar-refractivity contribution is 4.78. The van der Waals surface area contributed by atoms with Gasteiger partial charge in [0.2, 0.25) is 0 Å². The largest absolute Gasteiger partial charge is 0.385 e. The van der Waals surface area contributed by atoms with Gasteiger partial charge in [-0.3, -0.25) is 0 Å². The van der Waals surface area contributed by atoms with Gasteiger partial charge in [-0.2, -0.15) is 0 Å². The number of hydrogen-bond acceptors (Lipinski definition) is 2. The molecular formula is C12H25NO. The molecule has 3 atom stereocenters. The molecule has 0 aliphatic heterocycles. The Hall–Kier alpha value is -0.0800. The summed E-state index contributed by atoms with van der Waals surface area (Å²) in [5.41, 5.74) is 6.20. The number of hydrogen-bond donors (Lipinski definition) is 1. The standard InChI is InChI=1S/C12H25NO/c1-10-5-3-6-11(9-10)12(13)7-4-8-14-2/h10-12H,3-9,13H2,1-2H3. The maximum absolute atomic E-state index is 6.20. The van der Waals surface area contributed by atoms with Gasteiger partial charge in [0.05, 0.1) is 0 Å². The first kappa shape index (κ1) is 12.0. The summed E-state index contributed by atoms with van der Waals surface area (Å²) in [6.07, 6.45) is 7.71. The molecule has 0 bridgehead atoms. The van der Waals surface area contributed by atoms with Crippen LogP contribution in [0.1, 0.15) is 45.4 Å². The van der Waals surface area contributed by atoms with Crippen LogP contribution >= 0.6 is 0 Å². The summed E-state index contributed by atoms with van der Waals surface area (Å²) in [6, 6.07) is 0.410. The summed E-state index contributed by atoms with van der Waals surface area (Å²) in [6.45, 7) is 3.21. The number of ether oxygens (including phenoxy) is 1. The van der Waals surface area contributed by atoms with Crippen molar-refractivity contribution in [1.82, 2.24) is 0 Å². The molecule has 0 spiro atoms. The summed E-state index contributed by atoms with van der Waals surface area (Å²) < 4.78 is 5.05. The summed E-state index contributed by atoms with van der Waals surface area (Å²) in [4.78, 5) is 0. The topological polar surface area (TPSA) is 35.2 Å². The number of nitrogens with two attached hydrogens (primary N) is 1. The lowest BCUT2D eigenvalue weighted by atomic mass is 9.78. The third-order valence-corrected chi connectivity index (χ3v) is 3.47. The molecule has 3 unspecified atom stereocenters. The van der Waals surface area contributed by atoms with E-state index >= 15 is 0 Å². The van der Waals surface area contributed by atoms with Gasteiger partial charge in [0.15, 0.2) is 0 Å². The van der Waals surface area contributed by atoms with Crippen LogP contribution in [-0.2, 0) is 4.74 Å². The second-order valence-electron chi connectivity index (χ2n) is 4.83. The average molecular weight is 199 g/mol. The van der Waals surface area contributed by atoms with E-state index in [9.17, 15) is 0 Å². The first-order chi connectivity index (χ1) is 6.74. The summed E-state index contributed by atoms with van der Waals surface area (Å²) in [5.74, 6) is 1.66. The van der Waals surface area contributed by atoms with Crippen LogP contribution < -0.4 is 5.73 Å². The summed E-state index contributed by atoms with van der Waals surface area (Å²) in [5, 5.41) is 0. The highest BCUT2D eigenvalue weighted by atomic mass is 16.5. The van der Waals surface area contributed by atoms with Crippen molar-refractivity contribution in [2.24, 2.45) is 17.6 Å². The van der Waals surface area contributed by atoms with Crippen molar-refractivity contribution in [3.05, 3.63) is 0 Å². The molecule has 2 heteroatoms. The molecule has 1 fully saturated rings. The molecule has 0 aromatic heterocycles. The van der Waals surface area contributed by atoms with Crippen LogP contribution in [0.5, 0.6) is 0 Å². The molecule has 2 nitrogen and oxygen atoms in total. The van der Waals surface area contributed by atoms with Crippen LogP contribution in [-0.4, -0.2) is 19.8 Å². The molecule has 0 saturated heterocycles. The second kappa shape index (κ2) is 6.41. The fourth-order valence-corrected chi connectivity index (χ4v) is 2.57. The van der Waals surface area contributed by atoms with E-state index in [1.165, 1.54) is 25.7 Å². The predicted octanol–water partition coefficient (Wildman–Crippen LogP) is 2.57. The van der Waals surface area contributed by atoms with E-state index in [1.807, 2.05) is 0 Å². The fraction of sp³-hybridized carbons (Fsp3) is 1.00. The van der Waals surface area contributed by atoms with Crippen LogP contribution in [0.25, 0.3) is 0 Å². The lowest BCUT2D eigenvalue weighted by molar-refractivity contribution is 0.179. The molecule has 1 rings (SSSR count). The quantitative estimate of drug-likeness (QED) is 0.691. The van der Waals surface area contributed by atoms with Crippen molar-refractivity contribution in [1.29, 1.82) is 0 Å². The third-order valence-electron chi connectivity index (χ3n) is 3.47. The van der Waals surface area contributed by atoms with Gasteiger partial charge in [0.1, 0.15) is 0 Å². The van der Waals surface area contributed by atoms with E-state index in [1.54, 1.807) is 7.11 Å². The zero-order valence-corrected chi connectivity index (χ0v) is 9.67. The average Bonchev–Trinajstić information content (AvgIpc) is 2.18. The van der Waals surface area contributed by atoms with Crippen molar-refractivity contribution < 1.29 is 4.74 Å². The second-order valence-corrected chi connectivity index (χ2v) is 4.83. The third kappa shape index (κ3) is 3.97. The highest BCUT2D eigenvalue weighted by Gasteiger charge is 2.23. The van der Waals surface area contributed by atoms with Crippen LogP contribution in [0.3, 0.4) is 0 Å². The Morgan fingerprint density at radius 1 is 1.43 bits per heavy atom. The fourth-order valence-electron chi connectivity index (χ4n) is 2.57. The van der Waals surface area contributed by atoms with Gasteiger partial charge in [-0.25, -0.2) is 0 Å². The minimum Gasteiger partial charge on any atom is -0.385 e. The molecular weight excluding hydrogens is 174 g/mol. The first-order valence-electron chi connectivity index (χ1n) is 5.98. The van der Waals surface area contributed by atoms with Crippen molar-refractivity contribution in [2.45, 2.75) is 51.5 Å². The molecule has 0 amide bonds. The molecule has 0 aromatic rings. The number of rotatable bonds is 5. The van der Waals surface area contributed by atoms with Crippen molar-refractivity contribution >= 4 is 0 Å². The normalized spacial score (nSPS) is 30.2. The molecule has 1 aliphatic carbocycles. The number of methoxy groups -OCH3 is 1.